The molecule has 0 saturated carbocycles. The highest BCUT2D eigenvalue weighted by Crippen LogP contribution is 1.90. The molecular formula is C7H14N2O. The summed E-state index contributed by atoms with van der Waals surface area (Å²) in [5, 5.41) is 2.88. The summed E-state index contributed by atoms with van der Waals surface area (Å²) in [6.45, 7) is 6.70. The molecule has 0 aliphatic heterocycles. The van der Waals surface area contributed by atoms with E-state index in [-0.39, 0.29) is 12.5 Å². The van der Waals surface area contributed by atoms with Crippen molar-refractivity contribution in [2.75, 3.05) is 13.1 Å². The summed E-state index contributed by atoms with van der Waals surface area (Å²) < 4.78 is 0. The first-order chi connectivity index (χ1) is 4.63. The Hall–Kier alpha value is -0.830. The Kier molecular flexibility index (Phi) is 4.58. The Morgan fingerprint density at radius 1 is 1.70 bits per heavy atom. The molecule has 0 rings (SSSR count). The maximum absolute atomic E-state index is 10.2. The van der Waals surface area contributed by atoms with Gasteiger partial charge in [-0.3, -0.25) is 4.79 Å². The molecule has 0 radical (unpaired) electrons. The first-order valence-corrected chi connectivity index (χ1v) is 3.26. The summed E-state index contributed by atoms with van der Waals surface area (Å²) in [5.74, 6) is -0.318. The van der Waals surface area contributed by atoms with Crippen LogP contribution < -0.4 is 11.1 Å². The lowest BCUT2D eigenvalue weighted by molar-refractivity contribution is -0.117. The Morgan fingerprint density at radius 2 is 2.30 bits per heavy atom. The first-order valence-electron chi connectivity index (χ1n) is 3.26. The minimum Gasteiger partial charge on any atom is -0.369 e. The minimum atomic E-state index is -0.318. The summed E-state index contributed by atoms with van der Waals surface area (Å²) in [5.41, 5.74) is 5.99. The predicted octanol–water partition coefficient (Wildman–Crippen LogP) is 0.0275. The van der Waals surface area contributed by atoms with E-state index in [1.807, 2.05) is 6.92 Å². The van der Waals surface area contributed by atoms with Crippen molar-refractivity contribution < 1.29 is 4.79 Å². The predicted molar refractivity (Wildman–Crippen MR) is 41.5 cm³/mol. The van der Waals surface area contributed by atoms with Gasteiger partial charge in [-0.1, -0.05) is 5.57 Å². The molecule has 3 N–H and O–H groups in total. The van der Waals surface area contributed by atoms with E-state index in [0.29, 0.717) is 0 Å². The summed E-state index contributed by atoms with van der Waals surface area (Å²) in [4.78, 5) is 10.2. The van der Waals surface area contributed by atoms with Crippen molar-refractivity contribution in [2.45, 2.75) is 13.3 Å². The number of nitrogens with one attached hydrogen (secondary N) is 1. The van der Waals surface area contributed by atoms with Crippen LogP contribution in [0.1, 0.15) is 13.3 Å². The maximum Gasteiger partial charge on any atom is 0.231 e. The lowest BCUT2D eigenvalue weighted by atomic mass is 10.2. The molecule has 0 aliphatic rings. The van der Waals surface area contributed by atoms with Crippen LogP contribution in [0.15, 0.2) is 12.2 Å². The second-order valence-corrected chi connectivity index (χ2v) is 2.35. The number of amides is 1. The zero-order valence-corrected chi connectivity index (χ0v) is 6.31. The molecule has 58 valence electrons. The van der Waals surface area contributed by atoms with Gasteiger partial charge >= 0.3 is 0 Å². The SMILES string of the molecule is C=C(C)CCNCC(N)=O. The normalized spacial score (nSPS) is 9.30. The van der Waals surface area contributed by atoms with Crippen LogP contribution in [0, 0.1) is 0 Å². The Bertz CT molecular complexity index is 116. The number of hydrogen-bond donors (Lipinski definition) is 2. The molecule has 1 amide bonds. The fourth-order valence-electron chi connectivity index (χ4n) is 0.513. The zero-order valence-electron chi connectivity index (χ0n) is 6.31. The smallest absolute Gasteiger partial charge is 0.231 e. The van der Waals surface area contributed by atoms with Crippen LogP contribution in [0.3, 0.4) is 0 Å². The van der Waals surface area contributed by atoms with Gasteiger partial charge in [-0.15, -0.1) is 6.58 Å². The molecule has 0 heterocycles. The van der Waals surface area contributed by atoms with E-state index in [1.54, 1.807) is 0 Å². The Balaban J connectivity index is 3.06. The van der Waals surface area contributed by atoms with Gasteiger partial charge in [-0.25, -0.2) is 0 Å². The highest BCUT2D eigenvalue weighted by atomic mass is 16.1. The standard InChI is InChI=1S/C7H14N2O/c1-6(2)3-4-9-5-7(8)10/h9H,1,3-5H2,2H3,(H2,8,10). The van der Waals surface area contributed by atoms with Crippen LogP contribution in [-0.4, -0.2) is 19.0 Å². The molecule has 10 heavy (non-hydrogen) atoms. The number of primary amides is 1. The zero-order chi connectivity index (χ0) is 7.98. The molecule has 0 aromatic rings. The Morgan fingerprint density at radius 3 is 2.70 bits per heavy atom. The van der Waals surface area contributed by atoms with Gasteiger partial charge in [-0.2, -0.15) is 0 Å². The van der Waals surface area contributed by atoms with Gasteiger partial charge in [0, 0.05) is 0 Å². The fraction of sp³-hybridized carbons (Fsp3) is 0.571. The molecule has 0 bridgehead atoms. The summed E-state index contributed by atoms with van der Waals surface area (Å²) in [7, 11) is 0. The number of nitrogens with two attached hydrogens (primary N) is 1. The highest BCUT2D eigenvalue weighted by Gasteiger charge is 1.91. The topological polar surface area (TPSA) is 55.1 Å². The molecule has 3 heteroatoms. The third-order valence-corrected chi connectivity index (χ3v) is 1.03. The minimum absolute atomic E-state index is 0.257. The number of hydrogen-bond acceptors (Lipinski definition) is 2. The Labute approximate surface area is 61.3 Å². The molecule has 0 atom stereocenters. The molecule has 0 fully saturated rings. The molecule has 0 aromatic heterocycles. The van der Waals surface area contributed by atoms with E-state index in [4.69, 9.17) is 5.73 Å². The summed E-state index contributed by atoms with van der Waals surface area (Å²) in [6, 6.07) is 0. The quantitative estimate of drug-likeness (QED) is 0.420. The van der Waals surface area contributed by atoms with Crippen molar-refractivity contribution in [2.24, 2.45) is 5.73 Å². The van der Waals surface area contributed by atoms with E-state index in [0.717, 1.165) is 18.5 Å². The number of carbonyl (C=O) groups is 1. The monoisotopic (exact) mass is 142 g/mol. The first kappa shape index (κ1) is 9.17. The van der Waals surface area contributed by atoms with Gasteiger partial charge in [0.2, 0.25) is 5.91 Å². The molecule has 0 saturated heterocycles. The lowest BCUT2D eigenvalue weighted by Gasteiger charge is -1.99. The van der Waals surface area contributed by atoms with Gasteiger partial charge in [-0.05, 0) is 19.9 Å². The van der Waals surface area contributed by atoms with Crippen LogP contribution in [-0.2, 0) is 4.79 Å². The van der Waals surface area contributed by atoms with E-state index >= 15 is 0 Å². The van der Waals surface area contributed by atoms with Gasteiger partial charge in [0.05, 0.1) is 6.54 Å². The highest BCUT2D eigenvalue weighted by molar-refractivity contribution is 5.75. The van der Waals surface area contributed by atoms with Crippen molar-refractivity contribution >= 4 is 5.91 Å². The van der Waals surface area contributed by atoms with Crippen molar-refractivity contribution in [1.82, 2.24) is 5.32 Å². The second kappa shape index (κ2) is 4.99. The summed E-state index contributed by atoms with van der Waals surface area (Å²) in [6.07, 6.45) is 0.896. The van der Waals surface area contributed by atoms with Gasteiger partial charge < -0.3 is 11.1 Å². The van der Waals surface area contributed by atoms with E-state index in [9.17, 15) is 4.79 Å². The molecule has 0 aromatic carbocycles. The van der Waals surface area contributed by atoms with Crippen molar-refractivity contribution in [3.05, 3.63) is 12.2 Å². The third kappa shape index (κ3) is 7.17. The van der Waals surface area contributed by atoms with Crippen LogP contribution in [0.4, 0.5) is 0 Å². The van der Waals surface area contributed by atoms with Crippen LogP contribution >= 0.6 is 0 Å². The summed E-state index contributed by atoms with van der Waals surface area (Å²) >= 11 is 0. The maximum atomic E-state index is 10.2. The lowest BCUT2D eigenvalue weighted by Crippen LogP contribution is -2.29. The van der Waals surface area contributed by atoms with Gasteiger partial charge in [0.15, 0.2) is 0 Å². The van der Waals surface area contributed by atoms with E-state index < -0.39 is 0 Å². The molecular weight excluding hydrogens is 128 g/mol. The molecule has 0 aliphatic carbocycles. The average molecular weight is 142 g/mol. The van der Waals surface area contributed by atoms with Crippen LogP contribution in [0.5, 0.6) is 0 Å². The average Bonchev–Trinajstić information content (AvgIpc) is 1.79. The largest absolute Gasteiger partial charge is 0.369 e. The molecule has 0 spiro atoms. The molecule has 0 unspecified atom stereocenters. The van der Waals surface area contributed by atoms with E-state index in [1.165, 1.54) is 0 Å². The molecule has 3 nitrogen and oxygen atoms in total. The second-order valence-electron chi connectivity index (χ2n) is 2.35. The van der Waals surface area contributed by atoms with Crippen molar-refractivity contribution in [3.63, 3.8) is 0 Å². The van der Waals surface area contributed by atoms with Gasteiger partial charge in [0.1, 0.15) is 0 Å². The van der Waals surface area contributed by atoms with Crippen LogP contribution in [0.25, 0.3) is 0 Å². The van der Waals surface area contributed by atoms with E-state index in [2.05, 4.69) is 11.9 Å². The number of carbonyl (C=O) groups excluding carboxylic acids is 1. The third-order valence-electron chi connectivity index (χ3n) is 1.03. The van der Waals surface area contributed by atoms with Crippen molar-refractivity contribution in [3.8, 4) is 0 Å². The fourth-order valence-corrected chi connectivity index (χ4v) is 0.513. The number of rotatable bonds is 5. The van der Waals surface area contributed by atoms with Crippen molar-refractivity contribution in [1.29, 1.82) is 0 Å². The van der Waals surface area contributed by atoms with Crippen LogP contribution in [0.2, 0.25) is 0 Å². The van der Waals surface area contributed by atoms with Gasteiger partial charge in [0.25, 0.3) is 0 Å².